The van der Waals surface area contributed by atoms with Crippen LogP contribution in [-0.4, -0.2) is 104 Å². The molecule has 1 aliphatic carbocycles. The van der Waals surface area contributed by atoms with Gasteiger partial charge in [-0.15, -0.1) is 12.4 Å². The number of nitrogens with one attached hydrogen (secondary N) is 7. The normalized spacial score (nSPS) is 28.1. The van der Waals surface area contributed by atoms with Crippen LogP contribution in [0.15, 0.2) is 24.3 Å². The number of rotatable bonds is 16. The second kappa shape index (κ2) is 25.1. The topological polar surface area (TPSA) is 223 Å². The van der Waals surface area contributed by atoms with Crippen molar-refractivity contribution in [3.05, 3.63) is 29.8 Å². The summed E-state index contributed by atoms with van der Waals surface area (Å²) >= 11 is 0. The van der Waals surface area contributed by atoms with Gasteiger partial charge in [0.05, 0.1) is 6.10 Å². The third-order valence-electron chi connectivity index (χ3n) is 11.3. The molecule has 13 nitrogen and oxygen atoms in total. The largest absolute Gasteiger partial charge is 0.388 e. The van der Waals surface area contributed by atoms with E-state index in [2.05, 4.69) is 71.8 Å². The van der Waals surface area contributed by atoms with Gasteiger partial charge in [-0.05, 0) is 100 Å². The number of aliphatic hydroxyl groups is 3. The molecular formula is C38H77ClN10O3. The van der Waals surface area contributed by atoms with Crippen molar-refractivity contribution >= 4 is 18.1 Å². The zero-order valence-electron chi connectivity index (χ0n) is 32.7. The SMILES string of the molecule is CC(C[C@@H](C)C(C)C(CC(O)NCC[C@H]1CN[C@@H]2CCCC[C@H]2NCCN[C@@H](C)CN[C@H](C)CN1)C[C@H](N)O)C(O)c1cccc(NC(N)N)c1.Cl. The van der Waals surface area contributed by atoms with Gasteiger partial charge < -0.3 is 53.0 Å². The zero-order chi connectivity index (χ0) is 37.3. The van der Waals surface area contributed by atoms with E-state index in [1.807, 2.05) is 24.3 Å². The Morgan fingerprint density at radius 1 is 0.788 bits per heavy atom. The second-order valence-electron chi connectivity index (χ2n) is 16.0. The number of nitrogens with two attached hydrogens (primary N) is 3. The third-order valence-corrected chi connectivity index (χ3v) is 11.3. The van der Waals surface area contributed by atoms with Crippen LogP contribution < -0.4 is 54.4 Å². The van der Waals surface area contributed by atoms with Crippen LogP contribution in [0.4, 0.5) is 5.69 Å². The maximum Gasteiger partial charge on any atom is 0.127 e. The first-order chi connectivity index (χ1) is 24.3. The zero-order valence-corrected chi connectivity index (χ0v) is 33.5. The molecule has 1 saturated carbocycles. The number of hydrogen-bond donors (Lipinski definition) is 13. The van der Waals surface area contributed by atoms with Gasteiger partial charge in [-0.1, -0.05) is 45.7 Å². The molecule has 0 amide bonds. The van der Waals surface area contributed by atoms with E-state index in [0.29, 0.717) is 43.6 Å². The van der Waals surface area contributed by atoms with Crippen LogP contribution in [-0.2, 0) is 0 Å². The van der Waals surface area contributed by atoms with Crippen molar-refractivity contribution in [3.8, 4) is 0 Å². The van der Waals surface area contributed by atoms with Crippen molar-refractivity contribution in [3.63, 3.8) is 0 Å². The van der Waals surface area contributed by atoms with E-state index in [-0.39, 0.29) is 42.1 Å². The molecule has 0 bridgehead atoms. The fourth-order valence-corrected chi connectivity index (χ4v) is 7.99. The first-order valence-electron chi connectivity index (χ1n) is 19.9. The average molecular weight is 758 g/mol. The lowest BCUT2D eigenvalue weighted by Gasteiger charge is -2.35. The van der Waals surface area contributed by atoms with E-state index < -0.39 is 24.8 Å². The van der Waals surface area contributed by atoms with Crippen molar-refractivity contribution in [1.82, 2.24) is 31.9 Å². The molecule has 0 aromatic heterocycles. The molecule has 1 aromatic carbocycles. The smallest absolute Gasteiger partial charge is 0.127 e. The van der Waals surface area contributed by atoms with Gasteiger partial charge >= 0.3 is 0 Å². The maximum atomic E-state index is 11.2. The quantitative estimate of drug-likeness (QED) is 0.108. The van der Waals surface area contributed by atoms with Crippen molar-refractivity contribution in [2.24, 2.45) is 40.9 Å². The molecule has 1 saturated heterocycles. The summed E-state index contributed by atoms with van der Waals surface area (Å²) in [5.41, 5.74) is 18.8. The van der Waals surface area contributed by atoms with E-state index >= 15 is 0 Å². The molecule has 3 rings (SSSR count). The van der Waals surface area contributed by atoms with Gasteiger partial charge in [-0.2, -0.15) is 0 Å². The Kier molecular flexibility index (Phi) is 22.7. The van der Waals surface area contributed by atoms with E-state index in [1.54, 1.807) is 0 Å². The number of hydrogen-bond acceptors (Lipinski definition) is 13. The Morgan fingerprint density at radius 3 is 2.13 bits per heavy atom. The molecule has 5 unspecified atom stereocenters. The molecule has 2 fully saturated rings. The second-order valence-corrected chi connectivity index (χ2v) is 16.0. The minimum absolute atomic E-state index is 0. The molecule has 52 heavy (non-hydrogen) atoms. The van der Waals surface area contributed by atoms with E-state index in [9.17, 15) is 15.3 Å². The standard InChI is InChI=1S/C38H76N10O3.ClH/c1-24(17-25(2)37(51)29-9-8-10-31(18-29)48-38(40)41)28(5)30(19-35(39)49)20-36(50)44-14-13-32-23-47-34-12-7-6-11-33(34)43-16-15-42-26(3)21-45-27(4)22-46-32;/h8-10,18,24-28,30,32-38,42-51H,6-7,11-17,19-23,39-41H2,1-5H3;1H/t24-,25?,26+,27-,28?,30?,32+,33-,34-,35-,36?,37?;/m1./s1. The lowest BCUT2D eigenvalue weighted by Crippen LogP contribution is -2.54. The summed E-state index contributed by atoms with van der Waals surface area (Å²) in [6, 6.07) is 9.52. The van der Waals surface area contributed by atoms with Crippen molar-refractivity contribution in [1.29, 1.82) is 0 Å². The van der Waals surface area contributed by atoms with Gasteiger partial charge in [0.15, 0.2) is 0 Å². The fourth-order valence-electron chi connectivity index (χ4n) is 7.99. The van der Waals surface area contributed by atoms with Crippen LogP contribution in [0.25, 0.3) is 0 Å². The highest BCUT2D eigenvalue weighted by Crippen LogP contribution is 2.35. The summed E-state index contributed by atoms with van der Waals surface area (Å²) in [4.78, 5) is 0. The molecule has 0 radical (unpaired) electrons. The van der Waals surface area contributed by atoms with Crippen molar-refractivity contribution in [2.75, 3.05) is 44.6 Å². The number of anilines is 1. The van der Waals surface area contributed by atoms with Crippen LogP contribution in [0.2, 0.25) is 0 Å². The van der Waals surface area contributed by atoms with Crippen LogP contribution in [0, 0.1) is 23.7 Å². The Hall–Kier alpha value is -1.17. The number of halogens is 1. The molecule has 0 spiro atoms. The van der Waals surface area contributed by atoms with Gasteiger partial charge in [0.25, 0.3) is 0 Å². The van der Waals surface area contributed by atoms with Crippen LogP contribution in [0.1, 0.15) is 97.7 Å². The highest BCUT2D eigenvalue weighted by molar-refractivity contribution is 5.85. The van der Waals surface area contributed by atoms with E-state index in [4.69, 9.17) is 17.2 Å². The molecule has 12 atom stereocenters. The molecular weight excluding hydrogens is 680 g/mol. The monoisotopic (exact) mass is 757 g/mol. The Bertz CT molecular complexity index is 1080. The Morgan fingerprint density at radius 2 is 1.44 bits per heavy atom. The lowest BCUT2D eigenvalue weighted by molar-refractivity contribution is 0.0461. The molecule has 2 aliphatic rings. The van der Waals surface area contributed by atoms with Crippen LogP contribution in [0.3, 0.4) is 0 Å². The minimum atomic E-state index is -0.958. The molecule has 1 aromatic rings. The summed E-state index contributed by atoms with van der Waals surface area (Å²) in [6.45, 7) is 16.2. The molecule has 16 N–H and O–H groups in total. The summed E-state index contributed by atoms with van der Waals surface area (Å²) in [5, 5.41) is 57.8. The Labute approximate surface area is 321 Å². The van der Waals surface area contributed by atoms with E-state index in [0.717, 1.165) is 56.8 Å². The number of benzene rings is 1. The van der Waals surface area contributed by atoms with Gasteiger partial charge in [0, 0.05) is 68.6 Å². The molecule has 1 heterocycles. The summed E-state index contributed by atoms with van der Waals surface area (Å²) < 4.78 is 0. The average Bonchev–Trinajstić information content (AvgIpc) is 3.09. The van der Waals surface area contributed by atoms with Crippen molar-refractivity contribution < 1.29 is 15.3 Å². The number of aliphatic hydroxyl groups excluding tert-OH is 3. The molecule has 14 heteroatoms. The summed E-state index contributed by atoms with van der Waals surface area (Å²) in [7, 11) is 0. The van der Waals surface area contributed by atoms with Gasteiger partial charge in [0.2, 0.25) is 0 Å². The van der Waals surface area contributed by atoms with Crippen LogP contribution in [0.5, 0.6) is 0 Å². The number of fused-ring (bicyclic) bond motifs is 1. The van der Waals surface area contributed by atoms with Gasteiger partial charge in [-0.3, -0.25) is 16.8 Å². The first kappa shape index (κ1) is 47.0. The van der Waals surface area contributed by atoms with Gasteiger partial charge in [-0.25, -0.2) is 0 Å². The summed E-state index contributed by atoms with van der Waals surface area (Å²) in [5.74, 6) is 0.374. The predicted molar refractivity (Wildman–Crippen MR) is 217 cm³/mol. The summed E-state index contributed by atoms with van der Waals surface area (Å²) in [6.07, 6.45) is 4.48. The van der Waals surface area contributed by atoms with Crippen molar-refractivity contribution in [2.45, 2.75) is 141 Å². The minimum Gasteiger partial charge on any atom is -0.388 e. The maximum absolute atomic E-state index is 11.2. The molecule has 304 valence electrons. The highest BCUT2D eigenvalue weighted by Gasteiger charge is 2.30. The Balaban J connectivity index is 0.00000936. The van der Waals surface area contributed by atoms with E-state index in [1.165, 1.54) is 25.7 Å². The third kappa shape index (κ3) is 17.5. The highest BCUT2D eigenvalue weighted by atomic mass is 35.5. The molecule has 1 aliphatic heterocycles. The lowest BCUT2D eigenvalue weighted by atomic mass is 9.75. The fraction of sp³-hybridized carbons (Fsp3) is 0.842. The predicted octanol–water partition coefficient (Wildman–Crippen LogP) is 1.44. The van der Waals surface area contributed by atoms with Crippen LogP contribution >= 0.6 is 12.4 Å². The first-order valence-corrected chi connectivity index (χ1v) is 19.9. The van der Waals surface area contributed by atoms with Gasteiger partial charge in [0.1, 0.15) is 18.7 Å².